The smallest absolute Gasteiger partial charge is 0.138 e. The third-order valence-corrected chi connectivity index (χ3v) is 2.72. The summed E-state index contributed by atoms with van der Waals surface area (Å²) < 4.78 is 2.07. The second-order valence-electron chi connectivity index (χ2n) is 4.90. The maximum atomic E-state index is 9.77. The van der Waals surface area contributed by atoms with Crippen LogP contribution in [0.25, 0.3) is 11.0 Å². The van der Waals surface area contributed by atoms with Crippen LogP contribution in [0, 0.1) is 5.92 Å². The van der Waals surface area contributed by atoms with Gasteiger partial charge in [-0.2, -0.15) is 0 Å². The summed E-state index contributed by atoms with van der Waals surface area (Å²) in [5.41, 5.74) is 8.33. The molecule has 1 atom stereocenters. The van der Waals surface area contributed by atoms with Crippen molar-refractivity contribution in [3.05, 3.63) is 24.0 Å². The third-order valence-electron chi connectivity index (χ3n) is 2.72. The van der Waals surface area contributed by atoms with E-state index in [9.17, 15) is 5.11 Å². The first kappa shape index (κ1) is 11.9. The molecule has 92 valence electrons. The van der Waals surface area contributed by atoms with Crippen LogP contribution in [0.15, 0.2) is 18.2 Å². The average Bonchev–Trinajstić information content (AvgIpc) is 2.55. The maximum absolute atomic E-state index is 9.77. The predicted octanol–water partition coefficient (Wildman–Crippen LogP) is 2.33. The molecule has 3 N–H and O–H groups in total. The third kappa shape index (κ3) is 2.26. The number of aliphatic hydroxyl groups is 1. The lowest BCUT2D eigenvalue weighted by molar-refractivity contribution is 0.183. The Kier molecular flexibility index (Phi) is 3.07. The van der Waals surface area contributed by atoms with E-state index in [4.69, 9.17) is 5.73 Å². The first-order valence-corrected chi connectivity index (χ1v) is 5.92. The molecular weight excluding hydrogens is 214 g/mol. The highest BCUT2D eigenvalue weighted by Crippen LogP contribution is 2.23. The van der Waals surface area contributed by atoms with Crippen molar-refractivity contribution in [2.45, 2.75) is 33.4 Å². The van der Waals surface area contributed by atoms with Crippen LogP contribution in [0.4, 0.5) is 5.69 Å². The summed E-state index contributed by atoms with van der Waals surface area (Å²) in [4.78, 5) is 4.46. The van der Waals surface area contributed by atoms with E-state index < -0.39 is 6.10 Å². The number of nitrogens with two attached hydrogens (primary N) is 1. The Morgan fingerprint density at radius 2 is 2.06 bits per heavy atom. The summed E-state index contributed by atoms with van der Waals surface area (Å²) in [5, 5.41) is 9.77. The van der Waals surface area contributed by atoms with Gasteiger partial charge in [-0.3, -0.25) is 0 Å². The van der Waals surface area contributed by atoms with Crippen molar-refractivity contribution in [2.75, 3.05) is 5.73 Å². The topological polar surface area (TPSA) is 64.1 Å². The number of aliphatic hydroxyl groups excluding tert-OH is 1. The Morgan fingerprint density at radius 3 is 2.65 bits per heavy atom. The lowest BCUT2D eigenvalue weighted by Crippen LogP contribution is -2.10. The van der Waals surface area contributed by atoms with E-state index >= 15 is 0 Å². The number of benzene rings is 1. The zero-order valence-electron chi connectivity index (χ0n) is 10.5. The van der Waals surface area contributed by atoms with E-state index in [0.29, 0.717) is 17.4 Å². The van der Waals surface area contributed by atoms with Crippen molar-refractivity contribution in [1.29, 1.82) is 0 Å². The molecule has 4 heteroatoms. The molecule has 0 fully saturated rings. The van der Waals surface area contributed by atoms with Crippen molar-refractivity contribution in [3.63, 3.8) is 0 Å². The van der Waals surface area contributed by atoms with Crippen LogP contribution in [0.5, 0.6) is 0 Å². The Labute approximate surface area is 101 Å². The first-order valence-electron chi connectivity index (χ1n) is 5.92. The van der Waals surface area contributed by atoms with Gasteiger partial charge in [0, 0.05) is 12.2 Å². The molecule has 17 heavy (non-hydrogen) atoms. The second kappa shape index (κ2) is 4.37. The molecule has 0 bridgehead atoms. The van der Waals surface area contributed by atoms with Crippen molar-refractivity contribution >= 4 is 16.7 Å². The Hall–Kier alpha value is -1.55. The number of hydrogen-bond donors (Lipinski definition) is 2. The molecule has 0 saturated carbocycles. The number of anilines is 1. The predicted molar refractivity (Wildman–Crippen MR) is 69.6 cm³/mol. The van der Waals surface area contributed by atoms with Crippen LogP contribution in [0.3, 0.4) is 0 Å². The molecule has 1 aromatic heterocycles. The summed E-state index contributed by atoms with van der Waals surface area (Å²) in [6.07, 6.45) is -0.567. The number of nitrogens with zero attached hydrogens (tertiary/aromatic N) is 2. The van der Waals surface area contributed by atoms with E-state index in [1.165, 1.54) is 0 Å². The SMILES string of the molecule is CC(C)Cn1c(C(C)O)nc2cc(N)ccc21. The van der Waals surface area contributed by atoms with Crippen molar-refractivity contribution in [1.82, 2.24) is 9.55 Å². The highest BCUT2D eigenvalue weighted by atomic mass is 16.3. The number of imidazole rings is 1. The standard InChI is InChI=1S/C13H19N3O/c1-8(2)7-16-12-5-4-10(14)6-11(12)15-13(16)9(3)17/h4-6,8-9,17H,7,14H2,1-3H3. The van der Waals surface area contributed by atoms with Crippen LogP contribution in [-0.4, -0.2) is 14.7 Å². The van der Waals surface area contributed by atoms with Crippen molar-refractivity contribution in [3.8, 4) is 0 Å². The monoisotopic (exact) mass is 233 g/mol. The van der Waals surface area contributed by atoms with Gasteiger partial charge >= 0.3 is 0 Å². The van der Waals surface area contributed by atoms with Gasteiger partial charge in [0.2, 0.25) is 0 Å². The van der Waals surface area contributed by atoms with Gasteiger partial charge in [-0.1, -0.05) is 13.8 Å². The largest absolute Gasteiger partial charge is 0.399 e. The number of fused-ring (bicyclic) bond motifs is 1. The zero-order chi connectivity index (χ0) is 12.6. The van der Waals surface area contributed by atoms with Crippen LogP contribution in [0.1, 0.15) is 32.7 Å². The molecule has 1 heterocycles. The summed E-state index contributed by atoms with van der Waals surface area (Å²) in [5.74, 6) is 1.21. The molecule has 0 aliphatic rings. The molecule has 1 unspecified atom stereocenters. The zero-order valence-corrected chi connectivity index (χ0v) is 10.5. The number of aromatic nitrogens is 2. The first-order chi connectivity index (χ1) is 7.99. The van der Waals surface area contributed by atoms with Gasteiger partial charge in [-0.25, -0.2) is 4.98 Å². The fourth-order valence-electron chi connectivity index (χ4n) is 2.04. The maximum Gasteiger partial charge on any atom is 0.138 e. The Bertz CT molecular complexity index is 529. The molecule has 0 aliphatic carbocycles. The molecule has 0 saturated heterocycles. The molecule has 4 nitrogen and oxygen atoms in total. The van der Waals surface area contributed by atoms with E-state index in [0.717, 1.165) is 17.6 Å². The normalized spacial score (nSPS) is 13.5. The minimum Gasteiger partial charge on any atom is -0.399 e. The van der Waals surface area contributed by atoms with E-state index in [-0.39, 0.29) is 0 Å². The van der Waals surface area contributed by atoms with Crippen LogP contribution < -0.4 is 5.73 Å². The molecule has 0 spiro atoms. The molecule has 0 aliphatic heterocycles. The van der Waals surface area contributed by atoms with Crippen LogP contribution >= 0.6 is 0 Å². The van der Waals surface area contributed by atoms with Gasteiger partial charge in [0.1, 0.15) is 11.9 Å². The molecule has 2 aromatic rings. The fourth-order valence-corrected chi connectivity index (χ4v) is 2.04. The molecule has 1 aromatic carbocycles. The summed E-state index contributed by atoms with van der Waals surface area (Å²) >= 11 is 0. The van der Waals surface area contributed by atoms with Gasteiger partial charge in [0.05, 0.1) is 11.0 Å². The van der Waals surface area contributed by atoms with Crippen molar-refractivity contribution in [2.24, 2.45) is 5.92 Å². The highest BCUT2D eigenvalue weighted by molar-refractivity contribution is 5.79. The molecule has 0 amide bonds. The summed E-state index contributed by atoms with van der Waals surface area (Å²) in [7, 11) is 0. The van der Waals surface area contributed by atoms with E-state index in [2.05, 4.69) is 23.4 Å². The van der Waals surface area contributed by atoms with E-state index in [1.807, 2.05) is 18.2 Å². The minimum atomic E-state index is -0.567. The van der Waals surface area contributed by atoms with Crippen molar-refractivity contribution < 1.29 is 5.11 Å². The number of nitrogen functional groups attached to an aromatic ring is 1. The van der Waals surface area contributed by atoms with Gasteiger partial charge in [0.15, 0.2) is 0 Å². The molecular formula is C13H19N3O. The number of hydrogen-bond acceptors (Lipinski definition) is 3. The van der Waals surface area contributed by atoms with Crippen LogP contribution in [-0.2, 0) is 6.54 Å². The summed E-state index contributed by atoms with van der Waals surface area (Å²) in [6, 6.07) is 5.68. The van der Waals surface area contributed by atoms with Crippen LogP contribution in [0.2, 0.25) is 0 Å². The Morgan fingerprint density at radius 1 is 1.35 bits per heavy atom. The minimum absolute atomic E-state index is 0.502. The second-order valence-corrected chi connectivity index (χ2v) is 4.90. The molecule has 0 radical (unpaired) electrons. The molecule has 2 rings (SSSR count). The summed E-state index contributed by atoms with van der Waals surface area (Å²) in [6.45, 7) is 6.88. The van der Waals surface area contributed by atoms with Gasteiger partial charge in [-0.05, 0) is 31.0 Å². The lowest BCUT2D eigenvalue weighted by Gasteiger charge is -2.13. The van der Waals surface area contributed by atoms with Gasteiger partial charge in [0.25, 0.3) is 0 Å². The quantitative estimate of drug-likeness (QED) is 0.800. The highest BCUT2D eigenvalue weighted by Gasteiger charge is 2.15. The van der Waals surface area contributed by atoms with E-state index in [1.54, 1.807) is 6.92 Å². The average molecular weight is 233 g/mol. The number of rotatable bonds is 3. The fraction of sp³-hybridized carbons (Fsp3) is 0.462. The Balaban J connectivity index is 2.62. The lowest BCUT2D eigenvalue weighted by atomic mass is 10.2. The van der Waals surface area contributed by atoms with Gasteiger partial charge in [-0.15, -0.1) is 0 Å². The van der Waals surface area contributed by atoms with Gasteiger partial charge < -0.3 is 15.4 Å².